The van der Waals surface area contributed by atoms with Crippen molar-refractivity contribution in [2.24, 2.45) is 0 Å². The number of anilines is 1. The molecule has 20 heavy (non-hydrogen) atoms. The minimum atomic E-state index is -4.40. The third kappa shape index (κ3) is 2.80. The van der Waals surface area contributed by atoms with E-state index in [1.165, 1.54) is 17.9 Å². The van der Waals surface area contributed by atoms with Crippen LogP contribution in [0.4, 0.5) is 18.9 Å². The average Bonchev–Trinajstić information content (AvgIpc) is 2.38. The second-order valence-electron chi connectivity index (χ2n) is 4.97. The second-order valence-corrected chi connectivity index (χ2v) is 4.97. The molecule has 3 nitrogen and oxygen atoms in total. The summed E-state index contributed by atoms with van der Waals surface area (Å²) in [7, 11) is 1.68. The molecule has 0 aliphatic carbocycles. The van der Waals surface area contributed by atoms with Crippen LogP contribution in [0, 0.1) is 6.92 Å². The van der Waals surface area contributed by atoms with Crippen LogP contribution in [0.5, 0.6) is 0 Å². The molecular weight excluding hydrogens is 269 g/mol. The summed E-state index contributed by atoms with van der Waals surface area (Å²) in [6.45, 7) is 1.87. The van der Waals surface area contributed by atoms with Crippen molar-refractivity contribution in [3.63, 3.8) is 0 Å². The molecule has 1 unspecified atom stereocenters. The molecule has 1 heterocycles. The highest BCUT2D eigenvalue weighted by atomic mass is 19.4. The molecule has 1 amide bonds. The third-order valence-corrected chi connectivity index (χ3v) is 3.63. The first-order valence-electron chi connectivity index (χ1n) is 6.51. The standard InChI is InChI=1S/C14H17F3N2O/c1-9-5-6-10(8-11(9)14(15,16)17)19-7-3-4-12(18-2)13(19)20/h5-6,8,12,18H,3-4,7H2,1-2H3. The topological polar surface area (TPSA) is 32.3 Å². The Balaban J connectivity index is 2.36. The number of halogens is 3. The summed E-state index contributed by atoms with van der Waals surface area (Å²) in [5.74, 6) is -0.171. The largest absolute Gasteiger partial charge is 0.416 e. The quantitative estimate of drug-likeness (QED) is 0.906. The van der Waals surface area contributed by atoms with Gasteiger partial charge in [-0.3, -0.25) is 4.79 Å². The highest BCUT2D eigenvalue weighted by Gasteiger charge is 2.34. The number of hydrogen-bond donors (Lipinski definition) is 1. The molecule has 1 aliphatic heterocycles. The van der Waals surface area contributed by atoms with Gasteiger partial charge in [0.25, 0.3) is 0 Å². The lowest BCUT2D eigenvalue weighted by atomic mass is 10.0. The summed E-state index contributed by atoms with van der Waals surface area (Å²) in [4.78, 5) is 13.6. The molecule has 0 radical (unpaired) electrons. The van der Waals surface area contributed by atoms with Crippen molar-refractivity contribution < 1.29 is 18.0 Å². The zero-order valence-electron chi connectivity index (χ0n) is 11.4. The van der Waals surface area contributed by atoms with Crippen LogP contribution in [-0.4, -0.2) is 25.5 Å². The Hall–Kier alpha value is -1.56. The number of piperidine rings is 1. The summed E-state index contributed by atoms with van der Waals surface area (Å²) in [6.07, 6.45) is -2.92. The van der Waals surface area contributed by atoms with Crippen LogP contribution < -0.4 is 10.2 Å². The van der Waals surface area contributed by atoms with E-state index in [9.17, 15) is 18.0 Å². The minimum absolute atomic E-state index is 0.163. The van der Waals surface area contributed by atoms with E-state index in [1.807, 2.05) is 0 Å². The number of carbonyl (C=O) groups excluding carboxylic acids is 1. The molecule has 1 aromatic carbocycles. The first-order valence-corrected chi connectivity index (χ1v) is 6.51. The van der Waals surface area contributed by atoms with E-state index in [2.05, 4.69) is 5.32 Å². The molecule has 1 fully saturated rings. The fourth-order valence-electron chi connectivity index (χ4n) is 2.48. The van der Waals surface area contributed by atoms with Gasteiger partial charge in [0.1, 0.15) is 0 Å². The van der Waals surface area contributed by atoms with E-state index in [-0.39, 0.29) is 17.5 Å². The molecule has 1 aliphatic rings. The third-order valence-electron chi connectivity index (χ3n) is 3.63. The second kappa shape index (κ2) is 5.44. The number of likely N-dealkylation sites (N-methyl/N-ethyl adjacent to an activating group) is 1. The summed E-state index contributed by atoms with van der Waals surface area (Å²) in [5, 5.41) is 2.90. The van der Waals surface area contributed by atoms with Crippen LogP contribution in [0.1, 0.15) is 24.0 Å². The van der Waals surface area contributed by atoms with Gasteiger partial charge in [-0.15, -0.1) is 0 Å². The number of benzene rings is 1. The number of aryl methyl sites for hydroxylation is 1. The van der Waals surface area contributed by atoms with Gasteiger partial charge in [0.2, 0.25) is 5.91 Å². The van der Waals surface area contributed by atoms with Gasteiger partial charge >= 0.3 is 6.18 Å². The van der Waals surface area contributed by atoms with Gasteiger partial charge in [-0.1, -0.05) is 6.07 Å². The zero-order chi connectivity index (χ0) is 14.9. The molecule has 110 valence electrons. The lowest BCUT2D eigenvalue weighted by molar-refractivity contribution is -0.138. The molecule has 0 saturated carbocycles. The van der Waals surface area contributed by atoms with Gasteiger partial charge in [0.05, 0.1) is 11.6 Å². The van der Waals surface area contributed by atoms with Gasteiger partial charge in [0, 0.05) is 12.2 Å². The Bertz CT molecular complexity index is 514. The van der Waals surface area contributed by atoms with Crippen LogP contribution in [0.2, 0.25) is 0 Å². The number of carbonyl (C=O) groups is 1. The average molecular weight is 286 g/mol. The maximum absolute atomic E-state index is 12.9. The Kier molecular flexibility index (Phi) is 4.04. The Morgan fingerprint density at radius 2 is 2.05 bits per heavy atom. The maximum atomic E-state index is 12.9. The molecule has 1 saturated heterocycles. The molecule has 0 bridgehead atoms. The molecular formula is C14H17F3N2O. The van der Waals surface area contributed by atoms with E-state index in [0.29, 0.717) is 18.7 Å². The number of amides is 1. The molecule has 2 rings (SSSR count). The van der Waals surface area contributed by atoms with Crippen LogP contribution in [0.3, 0.4) is 0 Å². The van der Waals surface area contributed by atoms with Crippen molar-refractivity contribution in [1.29, 1.82) is 0 Å². The number of hydrogen-bond acceptors (Lipinski definition) is 2. The predicted molar refractivity (Wildman–Crippen MR) is 70.6 cm³/mol. The highest BCUT2D eigenvalue weighted by Crippen LogP contribution is 2.35. The van der Waals surface area contributed by atoms with E-state index in [4.69, 9.17) is 0 Å². The molecule has 1 aromatic rings. The maximum Gasteiger partial charge on any atom is 0.416 e. The van der Waals surface area contributed by atoms with E-state index in [0.717, 1.165) is 12.5 Å². The van der Waals surface area contributed by atoms with E-state index in [1.54, 1.807) is 13.1 Å². The predicted octanol–water partition coefficient (Wildman–Crippen LogP) is 2.73. The number of nitrogens with zero attached hydrogens (tertiary/aromatic N) is 1. The Labute approximate surface area is 115 Å². The lowest BCUT2D eigenvalue weighted by Crippen LogP contribution is -2.49. The molecule has 1 atom stereocenters. The fraction of sp³-hybridized carbons (Fsp3) is 0.500. The van der Waals surface area contributed by atoms with Crippen LogP contribution in [-0.2, 0) is 11.0 Å². The summed E-state index contributed by atoms with van der Waals surface area (Å²) in [6, 6.07) is 3.72. The first-order chi connectivity index (χ1) is 9.34. The lowest BCUT2D eigenvalue weighted by Gasteiger charge is -2.32. The molecule has 1 N–H and O–H groups in total. The van der Waals surface area contributed by atoms with Gasteiger partial charge in [0.15, 0.2) is 0 Å². The smallest absolute Gasteiger partial charge is 0.311 e. The van der Waals surface area contributed by atoms with Crippen LogP contribution in [0.25, 0.3) is 0 Å². The van der Waals surface area contributed by atoms with E-state index < -0.39 is 11.7 Å². The van der Waals surface area contributed by atoms with Crippen LogP contribution >= 0.6 is 0 Å². The van der Waals surface area contributed by atoms with Crippen molar-refractivity contribution in [2.45, 2.75) is 32.0 Å². The molecule has 0 aromatic heterocycles. The normalized spacial score (nSPS) is 20.4. The van der Waals surface area contributed by atoms with Crippen LogP contribution in [0.15, 0.2) is 18.2 Å². The number of rotatable bonds is 2. The van der Waals surface area contributed by atoms with Crippen molar-refractivity contribution in [3.05, 3.63) is 29.3 Å². The summed E-state index contributed by atoms with van der Waals surface area (Å²) < 4.78 is 38.8. The monoisotopic (exact) mass is 286 g/mol. The van der Waals surface area contributed by atoms with Crippen molar-refractivity contribution in [3.8, 4) is 0 Å². The van der Waals surface area contributed by atoms with Crippen molar-refractivity contribution in [2.75, 3.05) is 18.5 Å². The van der Waals surface area contributed by atoms with E-state index >= 15 is 0 Å². The zero-order valence-corrected chi connectivity index (χ0v) is 11.4. The van der Waals surface area contributed by atoms with Gasteiger partial charge in [-0.05, 0) is 44.5 Å². The number of nitrogens with one attached hydrogen (secondary N) is 1. The number of alkyl halides is 3. The SMILES string of the molecule is CNC1CCCN(c2ccc(C)c(C(F)(F)F)c2)C1=O. The van der Waals surface area contributed by atoms with Crippen molar-refractivity contribution >= 4 is 11.6 Å². The molecule has 6 heteroatoms. The van der Waals surface area contributed by atoms with Crippen molar-refractivity contribution in [1.82, 2.24) is 5.32 Å². The summed E-state index contributed by atoms with van der Waals surface area (Å²) in [5.41, 5.74) is -0.210. The molecule has 0 spiro atoms. The Morgan fingerprint density at radius 3 is 2.65 bits per heavy atom. The minimum Gasteiger partial charge on any atom is -0.311 e. The first kappa shape index (κ1) is 14.8. The van der Waals surface area contributed by atoms with Gasteiger partial charge < -0.3 is 10.2 Å². The Morgan fingerprint density at radius 1 is 1.35 bits per heavy atom. The van der Waals surface area contributed by atoms with Gasteiger partial charge in [-0.25, -0.2) is 0 Å². The summed E-state index contributed by atoms with van der Waals surface area (Å²) >= 11 is 0. The highest BCUT2D eigenvalue weighted by molar-refractivity contribution is 5.98. The van der Waals surface area contributed by atoms with Gasteiger partial charge in [-0.2, -0.15) is 13.2 Å². The fourth-order valence-corrected chi connectivity index (χ4v) is 2.48.